The third-order valence-corrected chi connectivity index (χ3v) is 6.77. The highest BCUT2D eigenvalue weighted by Crippen LogP contribution is 2.19. The summed E-state index contributed by atoms with van der Waals surface area (Å²) in [6.45, 7) is 7.44. The van der Waals surface area contributed by atoms with Gasteiger partial charge in [-0.1, -0.05) is 50.8 Å². The molecule has 0 saturated carbocycles. The van der Waals surface area contributed by atoms with Crippen LogP contribution in [0.1, 0.15) is 44.9 Å². The lowest BCUT2D eigenvalue weighted by molar-refractivity contribution is 0.241. The first-order valence-corrected chi connectivity index (χ1v) is 12.2. The van der Waals surface area contributed by atoms with Gasteiger partial charge in [-0.2, -0.15) is 0 Å². The van der Waals surface area contributed by atoms with Gasteiger partial charge in [0.1, 0.15) is 5.82 Å². The zero-order valence-corrected chi connectivity index (χ0v) is 20.2. The van der Waals surface area contributed by atoms with Crippen LogP contribution in [-0.2, 0) is 27.2 Å². The fraction of sp³-hybridized carbons (Fsp3) is 0.560. The number of aryl methyl sites for hydroxylation is 2. The highest BCUT2D eigenvalue weighted by Gasteiger charge is 2.23. The Morgan fingerprint density at radius 1 is 0.879 bits per heavy atom. The lowest BCUT2D eigenvalue weighted by Crippen LogP contribution is -2.46. The number of fused-ring (bicyclic) bond motifs is 1. The molecule has 0 spiro atoms. The van der Waals surface area contributed by atoms with Crippen LogP contribution in [0.5, 0.6) is 0 Å². The van der Waals surface area contributed by atoms with Gasteiger partial charge < -0.3 is 9.47 Å². The van der Waals surface area contributed by atoms with Crippen LogP contribution in [0.4, 0.5) is 5.69 Å². The van der Waals surface area contributed by atoms with E-state index in [4.69, 9.17) is 4.98 Å². The van der Waals surface area contributed by atoms with Crippen LogP contribution in [0.25, 0.3) is 11.2 Å². The van der Waals surface area contributed by atoms with Gasteiger partial charge >= 0.3 is 5.69 Å². The Labute approximate surface area is 195 Å². The Balaban J connectivity index is 1.56. The summed E-state index contributed by atoms with van der Waals surface area (Å²) < 4.78 is 4.77. The lowest BCUT2D eigenvalue weighted by Gasteiger charge is -2.36. The summed E-state index contributed by atoms with van der Waals surface area (Å²) in [5, 5.41) is 0. The molecule has 0 N–H and O–H groups in total. The van der Waals surface area contributed by atoms with Crippen molar-refractivity contribution in [1.29, 1.82) is 0 Å². The van der Waals surface area contributed by atoms with E-state index in [2.05, 4.69) is 45.6 Å². The average molecular weight is 453 g/mol. The summed E-state index contributed by atoms with van der Waals surface area (Å²) in [7, 11) is 3.25. The molecule has 0 aliphatic carbocycles. The fourth-order valence-electron chi connectivity index (χ4n) is 4.73. The monoisotopic (exact) mass is 452 g/mol. The maximum atomic E-state index is 13.0. The number of nitrogens with zero attached hydrogens (tertiary/aromatic N) is 6. The van der Waals surface area contributed by atoms with E-state index in [1.165, 1.54) is 34.1 Å². The molecule has 8 nitrogen and oxygen atoms in total. The van der Waals surface area contributed by atoms with Crippen molar-refractivity contribution in [2.24, 2.45) is 14.1 Å². The third-order valence-electron chi connectivity index (χ3n) is 6.77. The van der Waals surface area contributed by atoms with Crippen molar-refractivity contribution in [3.8, 4) is 0 Å². The highest BCUT2D eigenvalue weighted by molar-refractivity contribution is 5.71. The SMILES string of the molecule is CCCCCCCn1c(CN2CCN(c3ccccc3)CC2)nc2c1c(=O)n(C)c(=O)n2C. The van der Waals surface area contributed by atoms with Crippen molar-refractivity contribution in [2.75, 3.05) is 31.1 Å². The van der Waals surface area contributed by atoms with E-state index in [9.17, 15) is 9.59 Å². The van der Waals surface area contributed by atoms with Crippen molar-refractivity contribution in [3.63, 3.8) is 0 Å². The molecule has 178 valence electrons. The van der Waals surface area contributed by atoms with Crippen LogP contribution in [0.3, 0.4) is 0 Å². The van der Waals surface area contributed by atoms with E-state index >= 15 is 0 Å². The van der Waals surface area contributed by atoms with Crippen LogP contribution in [0, 0.1) is 0 Å². The predicted molar refractivity (Wildman–Crippen MR) is 133 cm³/mol. The summed E-state index contributed by atoms with van der Waals surface area (Å²) in [5.74, 6) is 0.881. The minimum Gasteiger partial charge on any atom is -0.369 e. The first-order valence-electron chi connectivity index (χ1n) is 12.2. The molecule has 33 heavy (non-hydrogen) atoms. The van der Waals surface area contributed by atoms with E-state index in [1.54, 1.807) is 14.1 Å². The molecule has 0 amide bonds. The molecule has 2 aromatic heterocycles. The number of hydrogen-bond acceptors (Lipinski definition) is 5. The minimum absolute atomic E-state index is 0.255. The number of imidazole rings is 1. The third kappa shape index (κ3) is 4.90. The molecule has 3 aromatic rings. The number of piperazine rings is 1. The maximum Gasteiger partial charge on any atom is 0.332 e. The summed E-state index contributed by atoms with van der Waals surface area (Å²) in [6, 6.07) is 10.5. The van der Waals surface area contributed by atoms with E-state index in [-0.39, 0.29) is 11.2 Å². The molecule has 0 unspecified atom stereocenters. The van der Waals surface area contributed by atoms with Gasteiger partial charge in [-0.3, -0.25) is 18.8 Å². The zero-order chi connectivity index (χ0) is 23.4. The number of unbranched alkanes of at least 4 members (excludes halogenated alkanes) is 4. The number of hydrogen-bond donors (Lipinski definition) is 0. The van der Waals surface area contributed by atoms with Crippen molar-refractivity contribution in [2.45, 2.75) is 52.1 Å². The summed E-state index contributed by atoms with van der Waals surface area (Å²) >= 11 is 0. The fourth-order valence-corrected chi connectivity index (χ4v) is 4.73. The van der Waals surface area contributed by atoms with Gasteiger partial charge in [0.05, 0.1) is 6.54 Å². The first kappa shape index (κ1) is 23.3. The number of rotatable bonds is 9. The minimum atomic E-state index is -0.330. The zero-order valence-electron chi connectivity index (χ0n) is 20.2. The molecule has 8 heteroatoms. The van der Waals surface area contributed by atoms with Crippen molar-refractivity contribution in [3.05, 3.63) is 57.0 Å². The Bertz CT molecular complexity index is 1190. The van der Waals surface area contributed by atoms with Crippen LogP contribution >= 0.6 is 0 Å². The Kier molecular flexibility index (Phi) is 7.33. The molecule has 1 saturated heterocycles. The molecular weight excluding hydrogens is 416 g/mol. The van der Waals surface area contributed by atoms with E-state index in [0.717, 1.165) is 51.4 Å². The first-order chi connectivity index (χ1) is 16.0. The maximum absolute atomic E-state index is 13.0. The molecule has 0 bridgehead atoms. The van der Waals surface area contributed by atoms with Crippen molar-refractivity contribution >= 4 is 16.9 Å². The van der Waals surface area contributed by atoms with Crippen LogP contribution in [0.15, 0.2) is 39.9 Å². The Morgan fingerprint density at radius 2 is 1.58 bits per heavy atom. The summed E-state index contributed by atoms with van der Waals surface area (Å²) in [4.78, 5) is 35.1. The van der Waals surface area contributed by atoms with Gasteiger partial charge in [0.2, 0.25) is 0 Å². The summed E-state index contributed by atoms with van der Waals surface area (Å²) in [6.07, 6.45) is 5.79. The topological polar surface area (TPSA) is 68.3 Å². The predicted octanol–water partition coefficient (Wildman–Crippen LogP) is 2.73. The van der Waals surface area contributed by atoms with Crippen molar-refractivity contribution < 1.29 is 0 Å². The normalized spacial score (nSPS) is 14.9. The molecule has 1 aromatic carbocycles. The quantitative estimate of drug-likeness (QED) is 0.467. The van der Waals surface area contributed by atoms with Gasteiger partial charge in [-0.05, 0) is 18.6 Å². The van der Waals surface area contributed by atoms with E-state index in [1.807, 2.05) is 6.07 Å². The average Bonchev–Trinajstić information content (AvgIpc) is 3.20. The number of anilines is 1. The standard InChI is InChI=1S/C25H36N6O2/c1-4-5-6-7-11-14-31-21(26-23-22(31)24(32)28(3)25(33)27(23)2)19-29-15-17-30(18-16-29)20-12-9-8-10-13-20/h8-10,12-13H,4-7,11,14-19H2,1-3H3. The molecule has 1 aliphatic rings. The van der Waals surface area contributed by atoms with Gasteiger partial charge in [-0.25, -0.2) is 9.78 Å². The number of para-hydroxylation sites is 1. The summed E-state index contributed by atoms with van der Waals surface area (Å²) in [5.41, 5.74) is 1.72. The van der Waals surface area contributed by atoms with Gasteiger partial charge in [0.15, 0.2) is 11.2 Å². The second kappa shape index (κ2) is 10.4. The lowest BCUT2D eigenvalue weighted by atomic mass is 10.1. The van der Waals surface area contributed by atoms with Crippen LogP contribution in [0.2, 0.25) is 0 Å². The molecule has 1 fully saturated rings. The number of aromatic nitrogens is 4. The largest absolute Gasteiger partial charge is 0.369 e. The smallest absolute Gasteiger partial charge is 0.332 e. The molecular formula is C25H36N6O2. The molecule has 4 rings (SSSR count). The van der Waals surface area contributed by atoms with Gasteiger partial charge in [0, 0.05) is 52.5 Å². The van der Waals surface area contributed by atoms with Gasteiger partial charge in [-0.15, -0.1) is 0 Å². The highest BCUT2D eigenvalue weighted by atomic mass is 16.2. The number of benzene rings is 1. The second-order valence-electron chi connectivity index (χ2n) is 9.07. The van der Waals surface area contributed by atoms with Gasteiger partial charge in [0.25, 0.3) is 5.56 Å². The molecule has 0 radical (unpaired) electrons. The molecule has 0 atom stereocenters. The second-order valence-corrected chi connectivity index (χ2v) is 9.07. The Morgan fingerprint density at radius 3 is 2.27 bits per heavy atom. The van der Waals surface area contributed by atoms with Crippen LogP contribution < -0.4 is 16.1 Å². The molecule has 3 heterocycles. The van der Waals surface area contributed by atoms with E-state index in [0.29, 0.717) is 17.7 Å². The van der Waals surface area contributed by atoms with Crippen LogP contribution in [-0.4, -0.2) is 49.8 Å². The van der Waals surface area contributed by atoms with Crippen molar-refractivity contribution in [1.82, 2.24) is 23.6 Å². The Hall–Kier alpha value is -2.87. The molecule has 1 aliphatic heterocycles. The van der Waals surface area contributed by atoms with E-state index < -0.39 is 0 Å².